The van der Waals surface area contributed by atoms with Crippen LogP contribution in [0, 0.1) is 6.92 Å². The topological polar surface area (TPSA) is 64.7 Å². The van der Waals surface area contributed by atoms with Crippen LogP contribution < -0.4 is 5.32 Å². The zero-order chi connectivity index (χ0) is 14.5. The molecule has 108 valence electrons. The van der Waals surface area contributed by atoms with Crippen molar-refractivity contribution in [1.29, 1.82) is 0 Å². The third-order valence-corrected chi connectivity index (χ3v) is 3.56. The number of amides is 1. The molecule has 0 saturated heterocycles. The van der Waals surface area contributed by atoms with Crippen molar-refractivity contribution in [2.24, 2.45) is 0 Å². The fourth-order valence-electron chi connectivity index (χ4n) is 1.94. The van der Waals surface area contributed by atoms with Crippen molar-refractivity contribution in [3.8, 4) is 0 Å². The molecule has 2 aromatic rings. The van der Waals surface area contributed by atoms with Crippen LogP contribution in [0.3, 0.4) is 0 Å². The quantitative estimate of drug-likeness (QED) is 0.873. The summed E-state index contributed by atoms with van der Waals surface area (Å²) in [5.74, 6) is 0.0141. The third kappa shape index (κ3) is 3.69. The zero-order valence-electron chi connectivity index (χ0n) is 11.6. The Labute approximate surface area is 126 Å². The van der Waals surface area contributed by atoms with E-state index in [1.54, 1.807) is 10.9 Å². The summed E-state index contributed by atoms with van der Waals surface area (Å²) in [5, 5.41) is 11.3. The molecule has 0 atom stereocenters. The summed E-state index contributed by atoms with van der Waals surface area (Å²) in [6.07, 6.45) is 5.78. The maximum atomic E-state index is 11.8. The van der Waals surface area contributed by atoms with Crippen LogP contribution in [0.2, 0.25) is 0 Å². The summed E-state index contributed by atoms with van der Waals surface area (Å²) < 4.78 is 4.58. The fraction of sp³-hybridized carbons (Fsp3) is 0.462. The molecular weight excluding hydrogens is 322 g/mol. The highest BCUT2D eigenvalue weighted by Gasteiger charge is 2.07. The molecule has 2 heterocycles. The van der Waals surface area contributed by atoms with Crippen molar-refractivity contribution < 1.29 is 4.79 Å². The summed E-state index contributed by atoms with van der Waals surface area (Å²) in [5.41, 5.74) is 2.16. The fourth-order valence-corrected chi connectivity index (χ4v) is 2.26. The number of halogens is 1. The standard InChI is InChI=1S/C13H18BrN5O/c1-3-19-10(2)11(7-17-19)6-15-13(20)4-5-18-9-12(14)8-16-18/h7-9H,3-6H2,1-2H3,(H,15,20). The lowest BCUT2D eigenvalue weighted by Crippen LogP contribution is -2.24. The molecule has 0 unspecified atom stereocenters. The van der Waals surface area contributed by atoms with E-state index in [1.165, 1.54) is 0 Å². The first-order chi connectivity index (χ1) is 9.60. The number of hydrogen-bond donors (Lipinski definition) is 1. The number of hydrogen-bond acceptors (Lipinski definition) is 3. The van der Waals surface area contributed by atoms with Gasteiger partial charge in [0.1, 0.15) is 0 Å². The predicted octanol–water partition coefficient (Wildman–Crippen LogP) is 1.88. The van der Waals surface area contributed by atoms with Crippen molar-refractivity contribution in [2.75, 3.05) is 0 Å². The van der Waals surface area contributed by atoms with E-state index in [1.807, 2.05) is 30.9 Å². The summed E-state index contributed by atoms with van der Waals surface area (Å²) in [6, 6.07) is 0. The molecule has 0 spiro atoms. The molecule has 6 nitrogen and oxygen atoms in total. The smallest absolute Gasteiger partial charge is 0.222 e. The normalized spacial score (nSPS) is 10.8. The van der Waals surface area contributed by atoms with Crippen LogP contribution >= 0.6 is 15.9 Å². The van der Waals surface area contributed by atoms with Crippen LogP contribution in [-0.4, -0.2) is 25.5 Å². The summed E-state index contributed by atoms with van der Waals surface area (Å²) >= 11 is 3.32. The Morgan fingerprint density at radius 3 is 2.80 bits per heavy atom. The van der Waals surface area contributed by atoms with E-state index in [2.05, 4.69) is 31.4 Å². The van der Waals surface area contributed by atoms with Crippen LogP contribution in [0.1, 0.15) is 24.6 Å². The number of carbonyl (C=O) groups is 1. The number of carbonyl (C=O) groups excluding carboxylic acids is 1. The first-order valence-corrected chi connectivity index (χ1v) is 7.35. The number of rotatable bonds is 6. The predicted molar refractivity (Wildman–Crippen MR) is 79.0 cm³/mol. The maximum Gasteiger partial charge on any atom is 0.222 e. The maximum absolute atomic E-state index is 11.8. The minimum atomic E-state index is 0.0141. The Balaban J connectivity index is 1.78. The molecule has 0 aliphatic carbocycles. The number of aromatic nitrogens is 4. The lowest BCUT2D eigenvalue weighted by Gasteiger charge is -2.06. The van der Waals surface area contributed by atoms with E-state index < -0.39 is 0 Å². The average molecular weight is 340 g/mol. The van der Waals surface area contributed by atoms with Crippen molar-refractivity contribution in [3.05, 3.63) is 34.3 Å². The van der Waals surface area contributed by atoms with Gasteiger partial charge in [0, 0.05) is 43.5 Å². The number of nitrogens with one attached hydrogen (secondary N) is 1. The van der Waals surface area contributed by atoms with Crippen LogP contribution in [0.4, 0.5) is 0 Å². The van der Waals surface area contributed by atoms with Crippen LogP contribution in [0.15, 0.2) is 23.1 Å². The van der Waals surface area contributed by atoms with Gasteiger partial charge in [-0.15, -0.1) is 0 Å². The van der Waals surface area contributed by atoms with E-state index in [-0.39, 0.29) is 5.91 Å². The SMILES string of the molecule is CCn1ncc(CNC(=O)CCn2cc(Br)cn2)c1C. The minimum absolute atomic E-state index is 0.0141. The molecule has 7 heteroatoms. The Morgan fingerprint density at radius 1 is 1.40 bits per heavy atom. The molecule has 0 aliphatic heterocycles. The van der Waals surface area contributed by atoms with E-state index in [4.69, 9.17) is 0 Å². The van der Waals surface area contributed by atoms with E-state index in [9.17, 15) is 4.79 Å². The van der Waals surface area contributed by atoms with Gasteiger partial charge in [0.05, 0.1) is 16.9 Å². The van der Waals surface area contributed by atoms with E-state index >= 15 is 0 Å². The number of nitrogens with zero attached hydrogens (tertiary/aromatic N) is 4. The van der Waals surface area contributed by atoms with Gasteiger partial charge < -0.3 is 5.32 Å². The molecule has 0 aromatic carbocycles. The molecule has 0 saturated carbocycles. The molecule has 20 heavy (non-hydrogen) atoms. The van der Waals surface area contributed by atoms with Crippen molar-refractivity contribution in [3.63, 3.8) is 0 Å². The largest absolute Gasteiger partial charge is 0.352 e. The van der Waals surface area contributed by atoms with E-state index in [0.717, 1.165) is 22.3 Å². The van der Waals surface area contributed by atoms with Crippen molar-refractivity contribution >= 4 is 21.8 Å². The molecule has 1 amide bonds. The molecule has 0 radical (unpaired) electrons. The van der Waals surface area contributed by atoms with Crippen LogP contribution in [-0.2, 0) is 24.4 Å². The Kier molecular flexibility index (Phi) is 4.94. The molecule has 2 rings (SSSR count). The molecule has 0 fully saturated rings. The van der Waals surface area contributed by atoms with Gasteiger partial charge in [-0.3, -0.25) is 14.2 Å². The van der Waals surface area contributed by atoms with Gasteiger partial charge >= 0.3 is 0 Å². The highest BCUT2D eigenvalue weighted by atomic mass is 79.9. The third-order valence-electron chi connectivity index (χ3n) is 3.15. The van der Waals surface area contributed by atoms with Gasteiger partial charge in [-0.1, -0.05) is 0 Å². The second-order valence-corrected chi connectivity index (χ2v) is 5.44. The molecule has 0 aliphatic rings. The Bertz CT molecular complexity index is 589. The highest BCUT2D eigenvalue weighted by Crippen LogP contribution is 2.08. The minimum Gasteiger partial charge on any atom is -0.352 e. The van der Waals surface area contributed by atoms with Crippen LogP contribution in [0.25, 0.3) is 0 Å². The van der Waals surface area contributed by atoms with Gasteiger partial charge in [-0.25, -0.2) is 0 Å². The van der Waals surface area contributed by atoms with Crippen LogP contribution in [0.5, 0.6) is 0 Å². The number of aryl methyl sites for hydroxylation is 2. The van der Waals surface area contributed by atoms with Gasteiger partial charge in [0.15, 0.2) is 0 Å². The van der Waals surface area contributed by atoms with Crippen molar-refractivity contribution in [1.82, 2.24) is 24.9 Å². The first-order valence-electron chi connectivity index (χ1n) is 6.56. The summed E-state index contributed by atoms with van der Waals surface area (Å²) in [6.45, 7) is 6.00. The lowest BCUT2D eigenvalue weighted by molar-refractivity contribution is -0.121. The van der Waals surface area contributed by atoms with Gasteiger partial charge in [-0.2, -0.15) is 10.2 Å². The monoisotopic (exact) mass is 339 g/mol. The van der Waals surface area contributed by atoms with Gasteiger partial charge in [-0.05, 0) is 29.8 Å². The first kappa shape index (κ1) is 14.8. The summed E-state index contributed by atoms with van der Waals surface area (Å²) in [4.78, 5) is 11.8. The second-order valence-electron chi connectivity index (χ2n) is 4.52. The highest BCUT2D eigenvalue weighted by molar-refractivity contribution is 9.10. The Morgan fingerprint density at radius 2 is 2.20 bits per heavy atom. The molecule has 1 N–H and O–H groups in total. The average Bonchev–Trinajstić information content (AvgIpc) is 3.00. The zero-order valence-corrected chi connectivity index (χ0v) is 13.2. The van der Waals surface area contributed by atoms with Gasteiger partial charge in [0.25, 0.3) is 0 Å². The van der Waals surface area contributed by atoms with Crippen molar-refractivity contribution in [2.45, 2.75) is 39.9 Å². The van der Waals surface area contributed by atoms with Gasteiger partial charge in [0.2, 0.25) is 5.91 Å². The second kappa shape index (κ2) is 6.69. The van der Waals surface area contributed by atoms with E-state index in [0.29, 0.717) is 19.5 Å². The lowest BCUT2D eigenvalue weighted by atomic mass is 10.2. The Hall–Kier alpha value is -1.63. The molecule has 0 bridgehead atoms. The molecular formula is C13H18BrN5O. The molecule has 2 aromatic heterocycles. The summed E-state index contributed by atoms with van der Waals surface area (Å²) in [7, 11) is 0.